The van der Waals surface area contributed by atoms with Gasteiger partial charge in [-0.3, -0.25) is 0 Å². The number of hydrogen-bond donors (Lipinski definition) is 1. The van der Waals surface area contributed by atoms with Gasteiger partial charge in [-0.25, -0.2) is 14.5 Å². The zero-order valence-electron chi connectivity index (χ0n) is 15.3. The van der Waals surface area contributed by atoms with Gasteiger partial charge < -0.3 is 15.0 Å². The predicted molar refractivity (Wildman–Crippen MR) is 99.6 cm³/mol. The SMILES string of the molecule is CC[C@@]1(C)CN(C(=O)NCc2ccc(C)nc2-n2cc(Cl)cn2)CCO1. The van der Waals surface area contributed by atoms with E-state index >= 15 is 0 Å². The Morgan fingerprint density at radius 3 is 2.96 bits per heavy atom. The second-order valence-corrected chi connectivity index (χ2v) is 7.21. The normalized spacial score (nSPS) is 20.2. The molecular formula is C18H24ClN5O2. The van der Waals surface area contributed by atoms with Crippen molar-refractivity contribution in [3.8, 4) is 5.82 Å². The lowest BCUT2D eigenvalue weighted by Crippen LogP contribution is -2.54. The number of hydrogen-bond acceptors (Lipinski definition) is 4. The lowest BCUT2D eigenvalue weighted by atomic mass is 10.0. The molecule has 26 heavy (non-hydrogen) atoms. The highest BCUT2D eigenvalue weighted by atomic mass is 35.5. The number of aryl methyl sites for hydroxylation is 1. The third kappa shape index (κ3) is 4.16. The van der Waals surface area contributed by atoms with E-state index in [4.69, 9.17) is 16.3 Å². The van der Waals surface area contributed by atoms with Gasteiger partial charge in [0.15, 0.2) is 5.82 Å². The van der Waals surface area contributed by atoms with Crippen LogP contribution in [0.3, 0.4) is 0 Å². The van der Waals surface area contributed by atoms with E-state index in [1.807, 2.05) is 26.0 Å². The number of nitrogens with one attached hydrogen (secondary N) is 1. The van der Waals surface area contributed by atoms with Crippen molar-refractivity contribution in [1.29, 1.82) is 0 Å². The van der Waals surface area contributed by atoms with E-state index in [0.29, 0.717) is 37.1 Å². The van der Waals surface area contributed by atoms with Crippen LogP contribution in [0.1, 0.15) is 31.5 Å². The average Bonchev–Trinajstić information content (AvgIpc) is 3.06. The van der Waals surface area contributed by atoms with E-state index < -0.39 is 0 Å². The third-order valence-electron chi connectivity index (χ3n) is 4.67. The van der Waals surface area contributed by atoms with Gasteiger partial charge in [0.1, 0.15) is 0 Å². The Morgan fingerprint density at radius 2 is 2.27 bits per heavy atom. The minimum atomic E-state index is -0.280. The summed E-state index contributed by atoms with van der Waals surface area (Å²) in [5, 5.41) is 7.74. The van der Waals surface area contributed by atoms with Crippen molar-refractivity contribution in [3.63, 3.8) is 0 Å². The molecule has 0 spiro atoms. The molecule has 0 radical (unpaired) electrons. The van der Waals surface area contributed by atoms with Gasteiger partial charge in [-0.15, -0.1) is 0 Å². The van der Waals surface area contributed by atoms with Crippen LogP contribution in [-0.4, -0.2) is 51.0 Å². The zero-order chi connectivity index (χ0) is 18.7. The molecule has 8 heteroatoms. The Bertz CT molecular complexity index is 794. The van der Waals surface area contributed by atoms with Crippen LogP contribution in [0.2, 0.25) is 5.02 Å². The first-order valence-corrected chi connectivity index (χ1v) is 9.12. The molecule has 0 saturated carbocycles. The van der Waals surface area contributed by atoms with Crippen molar-refractivity contribution in [2.45, 2.75) is 39.3 Å². The number of halogens is 1. The number of morpholine rings is 1. The van der Waals surface area contributed by atoms with Crippen LogP contribution in [0.4, 0.5) is 4.79 Å². The number of urea groups is 1. The van der Waals surface area contributed by atoms with Crippen LogP contribution in [-0.2, 0) is 11.3 Å². The molecule has 140 valence electrons. The molecule has 2 amide bonds. The summed E-state index contributed by atoms with van der Waals surface area (Å²) in [7, 11) is 0. The minimum absolute atomic E-state index is 0.0991. The Kier molecular flexibility index (Phi) is 5.48. The van der Waals surface area contributed by atoms with Crippen LogP contribution >= 0.6 is 11.6 Å². The molecule has 2 aromatic heterocycles. The van der Waals surface area contributed by atoms with Crippen molar-refractivity contribution in [3.05, 3.63) is 40.8 Å². The van der Waals surface area contributed by atoms with Gasteiger partial charge in [-0.05, 0) is 26.3 Å². The lowest BCUT2D eigenvalue weighted by molar-refractivity contribution is -0.0872. The van der Waals surface area contributed by atoms with Gasteiger partial charge in [0.05, 0.1) is 36.2 Å². The second kappa shape index (κ2) is 7.63. The van der Waals surface area contributed by atoms with E-state index in [1.54, 1.807) is 22.0 Å². The first-order chi connectivity index (χ1) is 12.4. The summed E-state index contributed by atoms with van der Waals surface area (Å²) in [5.74, 6) is 0.664. The molecule has 1 aliphatic rings. The topological polar surface area (TPSA) is 72.3 Å². The van der Waals surface area contributed by atoms with Crippen LogP contribution < -0.4 is 5.32 Å². The number of amides is 2. The maximum absolute atomic E-state index is 12.6. The molecule has 7 nitrogen and oxygen atoms in total. The molecule has 0 unspecified atom stereocenters. The summed E-state index contributed by atoms with van der Waals surface area (Å²) >= 11 is 5.97. The molecule has 3 rings (SSSR count). The quantitative estimate of drug-likeness (QED) is 0.889. The molecule has 0 aromatic carbocycles. The maximum atomic E-state index is 12.6. The summed E-state index contributed by atoms with van der Waals surface area (Å²) in [6.07, 6.45) is 4.12. The molecule has 1 aliphatic heterocycles. The summed E-state index contributed by atoms with van der Waals surface area (Å²) in [6.45, 7) is 8.12. The van der Waals surface area contributed by atoms with E-state index in [0.717, 1.165) is 17.7 Å². The predicted octanol–water partition coefficient (Wildman–Crippen LogP) is 2.94. The fourth-order valence-electron chi connectivity index (χ4n) is 2.93. The van der Waals surface area contributed by atoms with Crippen molar-refractivity contribution in [1.82, 2.24) is 25.0 Å². The number of aromatic nitrogens is 3. The molecule has 0 aliphatic carbocycles. The molecule has 0 bridgehead atoms. The molecule has 1 atom stereocenters. The van der Waals surface area contributed by atoms with Gasteiger partial charge in [0.25, 0.3) is 0 Å². The molecule has 2 aromatic rings. The van der Waals surface area contributed by atoms with Crippen LogP contribution in [0, 0.1) is 6.92 Å². The van der Waals surface area contributed by atoms with E-state index in [2.05, 4.69) is 22.3 Å². The highest BCUT2D eigenvalue weighted by Crippen LogP contribution is 2.21. The number of carbonyl (C=O) groups is 1. The summed E-state index contributed by atoms with van der Waals surface area (Å²) in [5.41, 5.74) is 1.46. The number of ether oxygens (including phenoxy) is 1. The lowest BCUT2D eigenvalue weighted by Gasteiger charge is -2.39. The second-order valence-electron chi connectivity index (χ2n) is 6.77. The van der Waals surface area contributed by atoms with Crippen LogP contribution in [0.15, 0.2) is 24.5 Å². The fraction of sp³-hybridized carbons (Fsp3) is 0.500. The monoisotopic (exact) mass is 377 g/mol. The van der Waals surface area contributed by atoms with Gasteiger partial charge in [-0.1, -0.05) is 24.6 Å². The highest BCUT2D eigenvalue weighted by molar-refractivity contribution is 6.30. The molecule has 1 saturated heterocycles. The largest absolute Gasteiger partial charge is 0.372 e. The average molecular weight is 378 g/mol. The highest BCUT2D eigenvalue weighted by Gasteiger charge is 2.32. The zero-order valence-corrected chi connectivity index (χ0v) is 16.1. The van der Waals surface area contributed by atoms with Crippen molar-refractivity contribution >= 4 is 17.6 Å². The summed E-state index contributed by atoms with van der Waals surface area (Å²) in [4.78, 5) is 18.9. The first-order valence-electron chi connectivity index (χ1n) is 8.74. The van der Waals surface area contributed by atoms with Crippen molar-refractivity contribution < 1.29 is 9.53 Å². The van der Waals surface area contributed by atoms with E-state index in [9.17, 15) is 4.79 Å². The molecule has 1 fully saturated rings. The van der Waals surface area contributed by atoms with Gasteiger partial charge in [-0.2, -0.15) is 5.10 Å². The van der Waals surface area contributed by atoms with E-state index in [1.165, 1.54) is 0 Å². The van der Waals surface area contributed by atoms with Crippen LogP contribution in [0.25, 0.3) is 5.82 Å². The standard InChI is InChI=1S/C18H24ClN5O2/c1-4-18(3)12-23(7-8-26-18)17(25)20-9-14-6-5-13(2)22-16(14)24-11-15(19)10-21-24/h5-6,10-11H,4,7-9,12H2,1-3H3,(H,20,25)/t18-/m0/s1. The Morgan fingerprint density at radius 1 is 1.46 bits per heavy atom. The van der Waals surface area contributed by atoms with Gasteiger partial charge >= 0.3 is 6.03 Å². The third-order valence-corrected chi connectivity index (χ3v) is 4.86. The van der Waals surface area contributed by atoms with Crippen LogP contribution in [0.5, 0.6) is 0 Å². The maximum Gasteiger partial charge on any atom is 0.317 e. The number of pyridine rings is 1. The smallest absolute Gasteiger partial charge is 0.317 e. The summed E-state index contributed by atoms with van der Waals surface area (Å²) < 4.78 is 7.42. The fourth-order valence-corrected chi connectivity index (χ4v) is 3.06. The first kappa shape index (κ1) is 18.7. The van der Waals surface area contributed by atoms with Crippen molar-refractivity contribution in [2.24, 2.45) is 0 Å². The number of rotatable bonds is 4. The van der Waals surface area contributed by atoms with Crippen molar-refractivity contribution in [2.75, 3.05) is 19.7 Å². The Hall–Kier alpha value is -2.12. The molecule has 1 N–H and O–H groups in total. The van der Waals surface area contributed by atoms with Gasteiger partial charge in [0, 0.05) is 24.3 Å². The minimum Gasteiger partial charge on any atom is -0.372 e. The van der Waals surface area contributed by atoms with Gasteiger partial charge in [0.2, 0.25) is 0 Å². The molecule has 3 heterocycles. The Labute approximate surface area is 158 Å². The van der Waals surface area contributed by atoms with E-state index in [-0.39, 0.29) is 11.6 Å². The summed E-state index contributed by atoms with van der Waals surface area (Å²) in [6, 6.07) is 3.76. The molecular weight excluding hydrogens is 354 g/mol. The number of nitrogens with zero attached hydrogens (tertiary/aromatic N) is 4. The Balaban J connectivity index is 1.71. The number of carbonyl (C=O) groups excluding carboxylic acids is 1.